The fourth-order valence-corrected chi connectivity index (χ4v) is 1.96. The fraction of sp³-hybridized carbons (Fsp3) is 0.0769. The van der Waals surface area contributed by atoms with Crippen molar-refractivity contribution in [3.63, 3.8) is 0 Å². The third kappa shape index (κ3) is 2.69. The highest BCUT2D eigenvalue weighted by Gasteiger charge is 2.13. The van der Waals surface area contributed by atoms with Crippen LogP contribution >= 0.6 is 11.6 Å². The first-order valence-electron chi connectivity index (χ1n) is 5.30. The molecule has 2 N–H and O–H groups in total. The Morgan fingerprint density at radius 2 is 1.82 bits per heavy atom. The maximum absolute atomic E-state index is 9.17. The molecule has 0 aromatic heterocycles. The highest BCUT2D eigenvalue weighted by atomic mass is 35.5. The molecule has 0 atom stereocenters. The molecule has 0 heterocycles. The van der Waals surface area contributed by atoms with Crippen molar-refractivity contribution in [1.82, 2.24) is 0 Å². The van der Waals surface area contributed by atoms with E-state index in [2.05, 4.69) is 0 Å². The highest BCUT2D eigenvalue weighted by Crippen LogP contribution is 2.24. The van der Waals surface area contributed by atoms with Gasteiger partial charge >= 0.3 is 7.12 Å². The van der Waals surface area contributed by atoms with Gasteiger partial charge in [-0.3, -0.25) is 0 Å². The Kier molecular flexibility index (Phi) is 3.53. The second-order valence-electron chi connectivity index (χ2n) is 3.96. The maximum atomic E-state index is 9.17. The number of rotatable bonds is 2. The molecule has 0 fully saturated rings. The van der Waals surface area contributed by atoms with Gasteiger partial charge in [0.05, 0.1) is 0 Å². The number of hydrogen-bond donors (Lipinski definition) is 2. The van der Waals surface area contributed by atoms with E-state index in [1.165, 1.54) is 0 Å². The molecule has 0 saturated heterocycles. The van der Waals surface area contributed by atoms with E-state index in [9.17, 15) is 10.0 Å². The van der Waals surface area contributed by atoms with E-state index in [0.717, 1.165) is 16.7 Å². The monoisotopic (exact) mass is 246 g/mol. The Labute approximate surface area is 106 Å². The normalized spacial score (nSPS) is 10.4. The molecule has 0 radical (unpaired) electrons. The molecule has 2 rings (SSSR count). The van der Waals surface area contributed by atoms with E-state index >= 15 is 0 Å². The molecular weight excluding hydrogens is 234 g/mol. The number of hydrogen-bond acceptors (Lipinski definition) is 2. The van der Waals surface area contributed by atoms with Gasteiger partial charge in [0.25, 0.3) is 0 Å². The molecule has 0 spiro atoms. The Morgan fingerprint density at radius 3 is 2.47 bits per heavy atom. The van der Waals surface area contributed by atoms with Gasteiger partial charge in [-0.1, -0.05) is 41.9 Å². The zero-order valence-corrected chi connectivity index (χ0v) is 10.1. The Balaban J connectivity index is 2.54. The molecule has 0 aliphatic carbocycles. The predicted octanol–water partition coefficient (Wildman–Crippen LogP) is 2.00. The quantitative estimate of drug-likeness (QED) is 0.796. The van der Waals surface area contributed by atoms with E-state index in [0.29, 0.717) is 10.5 Å². The largest absolute Gasteiger partial charge is 0.488 e. The lowest BCUT2D eigenvalue weighted by atomic mass is 9.78. The summed E-state index contributed by atoms with van der Waals surface area (Å²) in [5, 5.41) is 19.0. The van der Waals surface area contributed by atoms with Crippen molar-refractivity contribution in [3.8, 4) is 11.1 Å². The van der Waals surface area contributed by atoms with Crippen LogP contribution in [0.1, 0.15) is 5.56 Å². The molecule has 0 bridgehead atoms. The molecule has 17 heavy (non-hydrogen) atoms. The van der Waals surface area contributed by atoms with Gasteiger partial charge in [0.15, 0.2) is 0 Å². The lowest BCUT2D eigenvalue weighted by molar-refractivity contribution is 0.426. The van der Waals surface area contributed by atoms with E-state index in [1.54, 1.807) is 12.1 Å². The van der Waals surface area contributed by atoms with Gasteiger partial charge in [0, 0.05) is 5.02 Å². The molecule has 2 aromatic rings. The SMILES string of the molecule is Cc1ccc(B(O)O)cc1-c1cccc(Cl)c1. The van der Waals surface area contributed by atoms with Crippen molar-refractivity contribution in [2.45, 2.75) is 6.92 Å². The lowest BCUT2D eigenvalue weighted by Gasteiger charge is -2.09. The summed E-state index contributed by atoms with van der Waals surface area (Å²) in [5.41, 5.74) is 3.47. The van der Waals surface area contributed by atoms with Crippen LogP contribution in [0.25, 0.3) is 11.1 Å². The van der Waals surface area contributed by atoms with E-state index in [-0.39, 0.29) is 0 Å². The van der Waals surface area contributed by atoms with Crippen LogP contribution < -0.4 is 5.46 Å². The second-order valence-corrected chi connectivity index (χ2v) is 4.39. The van der Waals surface area contributed by atoms with Crippen molar-refractivity contribution < 1.29 is 10.0 Å². The maximum Gasteiger partial charge on any atom is 0.488 e. The first-order chi connectivity index (χ1) is 8.08. The van der Waals surface area contributed by atoms with Crippen molar-refractivity contribution in [2.75, 3.05) is 0 Å². The van der Waals surface area contributed by atoms with Gasteiger partial charge in [-0.25, -0.2) is 0 Å². The standard InChI is InChI=1S/C13H12BClO2/c1-9-5-6-11(14(16)17)8-13(9)10-3-2-4-12(15)7-10/h2-8,16-17H,1H3. The molecule has 2 nitrogen and oxygen atoms in total. The third-order valence-electron chi connectivity index (χ3n) is 2.70. The van der Waals surface area contributed by atoms with Crippen LogP contribution in [0, 0.1) is 6.92 Å². The summed E-state index contributed by atoms with van der Waals surface area (Å²) in [4.78, 5) is 0. The molecule has 0 amide bonds. The molecule has 4 heteroatoms. The van der Waals surface area contributed by atoms with Crippen LogP contribution in [-0.2, 0) is 0 Å². The summed E-state index contributed by atoms with van der Waals surface area (Å²) in [6.07, 6.45) is 0. The molecule has 2 aromatic carbocycles. The van der Waals surface area contributed by atoms with Crippen LogP contribution in [0.5, 0.6) is 0 Å². The lowest BCUT2D eigenvalue weighted by Crippen LogP contribution is -2.29. The average Bonchev–Trinajstić information content (AvgIpc) is 2.29. The molecule has 0 saturated carbocycles. The van der Waals surface area contributed by atoms with Gasteiger partial charge in [-0.15, -0.1) is 0 Å². The second kappa shape index (κ2) is 4.92. The van der Waals surface area contributed by atoms with Crippen molar-refractivity contribution in [3.05, 3.63) is 53.1 Å². The van der Waals surface area contributed by atoms with Gasteiger partial charge < -0.3 is 10.0 Å². The predicted molar refractivity (Wildman–Crippen MR) is 71.5 cm³/mol. The number of aryl methyl sites for hydroxylation is 1. The van der Waals surface area contributed by atoms with Crippen molar-refractivity contribution in [2.24, 2.45) is 0 Å². The summed E-state index contributed by atoms with van der Waals surface area (Å²) in [6, 6.07) is 12.8. The summed E-state index contributed by atoms with van der Waals surface area (Å²) in [7, 11) is -1.45. The zero-order chi connectivity index (χ0) is 12.4. The summed E-state index contributed by atoms with van der Waals surface area (Å²) in [6.45, 7) is 1.98. The van der Waals surface area contributed by atoms with E-state index in [1.807, 2.05) is 37.3 Å². The third-order valence-corrected chi connectivity index (χ3v) is 2.93. The zero-order valence-electron chi connectivity index (χ0n) is 9.39. The van der Waals surface area contributed by atoms with E-state index < -0.39 is 7.12 Å². The van der Waals surface area contributed by atoms with Crippen LogP contribution in [0.3, 0.4) is 0 Å². The summed E-state index contributed by atoms with van der Waals surface area (Å²) < 4.78 is 0. The van der Waals surface area contributed by atoms with E-state index in [4.69, 9.17) is 11.6 Å². The topological polar surface area (TPSA) is 40.5 Å². The highest BCUT2D eigenvalue weighted by molar-refractivity contribution is 6.58. The first-order valence-corrected chi connectivity index (χ1v) is 5.68. The smallest absolute Gasteiger partial charge is 0.423 e. The summed E-state index contributed by atoms with van der Waals surface area (Å²) in [5.74, 6) is 0. The van der Waals surface area contributed by atoms with Gasteiger partial charge in [-0.05, 0) is 41.2 Å². The molecule has 0 aliphatic rings. The van der Waals surface area contributed by atoms with Gasteiger partial charge in [0.1, 0.15) is 0 Å². The Morgan fingerprint density at radius 1 is 1.06 bits per heavy atom. The van der Waals surface area contributed by atoms with Crippen LogP contribution in [-0.4, -0.2) is 17.2 Å². The minimum atomic E-state index is -1.45. The fourth-order valence-electron chi connectivity index (χ4n) is 1.77. The molecule has 0 unspecified atom stereocenters. The number of benzene rings is 2. The summed E-state index contributed by atoms with van der Waals surface area (Å²) >= 11 is 5.95. The van der Waals surface area contributed by atoms with Crippen LogP contribution in [0.2, 0.25) is 5.02 Å². The Hall–Kier alpha value is -1.29. The molecule has 0 aliphatic heterocycles. The minimum Gasteiger partial charge on any atom is -0.423 e. The number of halogens is 1. The van der Waals surface area contributed by atoms with Crippen molar-refractivity contribution >= 4 is 24.2 Å². The van der Waals surface area contributed by atoms with Crippen molar-refractivity contribution in [1.29, 1.82) is 0 Å². The average molecular weight is 247 g/mol. The first kappa shape index (κ1) is 12.2. The van der Waals surface area contributed by atoms with Gasteiger partial charge in [-0.2, -0.15) is 0 Å². The minimum absolute atomic E-state index is 0.477. The van der Waals surface area contributed by atoms with Crippen LogP contribution in [0.4, 0.5) is 0 Å². The van der Waals surface area contributed by atoms with Gasteiger partial charge in [0.2, 0.25) is 0 Å². The van der Waals surface area contributed by atoms with Crippen LogP contribution in [0.15, 0.2) is 42.5 Å². The molecular formula is C13H12BClO2. The molecule has 86 valence electrons. The Bertz CT molecular complexity index is 541.